The quantitative estimate of drug-likeness (QED) is 0.0261. The molecule has 6 nitrogen and oxygen atoms in total. The minimum Gasteiger partial charge on any atom is -0.462 e. The van der Waals surface area contributed by atoms with Crippen LogP contribution in [0.4, 0.5) is 0 Å². The predicted molar refractivity (Wildman–Crippen MR) is 321 cm³/mol. The number of carbonyl (C=O) groups is 3. The molecule has 430 valence electrons. The van der Waals surface area contributed by atoms with Crippen LogP contribution in [-0.2, 0) is 28.6 Å². The van der Waals surface area contributed by atoms with Gasteiger partial charge in [-0.05, 0) is 64.2 Å². The van der Waals surface area contributed by atoms with Crippen molar-refractivity contribution in [2.45, 2.75) is 341 Å². The highest BCUT2D eigenvalue weighted by Gasteiger charge is 2.19. The van der Waals surface area contributed by atoms with E-state index in [-0.39, 0.29) is 31.1 Å². The van der Waals surface area contributed by atoms with Crippen molar-refractivity contribution in [2.75, 3.05) is 13.2 Å². The molecule has 0 aromatic rings. The van der Waals surface area contributed by atoms with E-state index in [1.807, 2.05) is 0 Å². The summed E-state index contributed by atoms with van der Waals surface area (Å²) >= 11 is 0. The zero-order chi connectivity index (χ0) is 53.6. The van der Waals surface area contributed by atoms with Gasteiger partial charge >= 0.3 is 17.9 Å². The molecule has 0 aromatic heterocycles. The van der Waals surface area contributed by atoms with Gasteiger partial charge in [0.15, 0.2) is 6.10 Å². The molecule has 0 aromatic carbocycles. The zero-order valence-corrected chi connectivity index (χ0v) is 49.4. The molecule has 74 heavy (non-hydrogen) atoms. The van der Waals surface area contributed by atoms with Gasteiger partial charge < -0.3 is 14.2 Å². The lowest BCUT2D eigenvalue weighted by molar-refractivity contribution is -0.167. The van der Waals surface area contributed by atoms with Gasteiger partial charge in [0.2, 0.25) is 0 Å². The second-order valence-electron chi connectivity index (χ2n) is 21.7. The van der Waals surface area contributed by atoms with Crippen LogP contribution in [0, 0.1) is 0 Å². The highest BCUT2D eigenvalue weighted by atomic mass is 16.6. The molecule has 0 N–H and O–H groups in total. The summed E-state index contributed by atoms with van der Waals surface area (Å²) in [5, 5.41) is 0. The van der Waals surface area contributed by atoms with Gasteiger partial charge in [0.05, 0.1) is 0 Å². The summed E-state index contributed by atoms with van der Waals surface area (Å²) in [6.45, 7) is 6.55. The second kappa shape index (κ2) is 62.6. The molecular formula is C68H122O6. The second-order valence-corrected chi connectivity index (χ2v) is 21.7. The highest BCUT2D eigenvalue weighted by molar-refractivity contribution is 5.71. The van der Waals surface area contributed by atoms with Crippen LogP contribution in [0.25, 0.3) is 0 Å². The molecule has 1 atom stereocenters. The maximum atomic E-state index is 12.9. The number of unbranched alkanes of at least 4 members (excludes halogenated alkanes) is 38. The number of allylic oxidation sites excluding steroid dienone is 10. The average Bonchev–Trinajstić information content (AvgIpc) is 3.40. The first-order valence-corrected chi connectivity index (χ1v) is 32.3. The number of rotatable bonds is 59. The molecular weight excluding hydrogens is 913 g/mol. The average molecular weight is 1040 g/mol. The fraction of sp³-hybridized carbons (Fsp3) is 0.809. The van der Waals surface area contributed by atoms with Gasteiger partial charge in [0, 0.05) is 19.3 Å². The molecule has 0 saturated heterocycles. The lowest BCUT2D eigenvalue weighted by Crippen LogP contribution is -2.30. The molecule has 0 aliphatic carbocycles. The van der Waals surface area contributed by atoms with Crippen LogP contribution in [0.5, 0.6) is 0 Å². The molecule has 0 aliphatic rings. The Hall–Kier alpha value is -2.89. The standard InChI is InChI=1S/C68H122O6/c1-4-7-10-13-16-19-21-23-25-27-29-31-32-33-34-35-36-37-39-40-42-44-46-49-52-55-58-61-67(70)73-64-65(63-72-66(69)60-57-54-51-48-18-15-12-9-6-3)74-68(71)62-59-56-53-50-47-45-43-41-38-30-28-26-24-22-20-17-14-11-8-5-2/h7,10,16,19,23,25,29,31,33-34,65H,4-6,8-9,11-15,17-18,20-22,24,26-28,30,32,35-64H2,1-3H3/b10-7-,19-16-,25-23-,31-29-,34-33-. The van der Waals surface area contributed by atoms with E-state index in [9.17, 15) is 14.4 Å². The maximum Gasteiger partial charge on any atom is 0.306 e. The third-order valence-electron chi connectivity index (χ3n) is 14.3. The Morgan fingerprint density at radius 1 is 0.284 bits per heavy atom. The third-order valence-corrected chi connectivity index (χ3v) is 14.3. The largest absolute Gasteiger partial charge is 0.462 e. The van der Waals surface area contributed by atoms with Crippen molar-refractivity contribution in [1.82, 2.24) is 0 Å². The Morgan fingerprint density at radius 3 is 0.824 bits per heavy atom. The van der Waals surface area contributed by atoms with Gasteiger partial charge in [-0.25, -0.2) is 0 Å². The van der Waals surface area contributed by atoms with Crippen LogP contribution in [-0.4, -0.2) is 37.2 Å². The monoisotopic (exact) mass is 1030 g/mol. The first-order valence-electron chi connectivity index (χ1n) is 32.3. The van der Waals surface area contributed by atoms with Crippen molar-refractivity contribution in [1.29, 1.82) is 0 Å². The molecule has 6 heteroatoms. The van der Waals surface area contributed by atoms with Gasteiger partial charge in [-0.1, -0.05) is 313 Å². The fourth-order valence-corrected chi connectivity index (χ4v) is 9.47. The van der Waals surface area contributed by atoms with Crippen molar-refractivity contribution in [2.24, 2.45) is 0 Å². The highest BCUT2D eigenvalue weighted by Crippen LogP contribution is 2.17. The zero-order valence-electron chi connectivity index (χ0n) is 49.4. The molecule has 0 rings (SSSR count). The molecule has 0 radical (unpaired) electrons. The van der Waals surface area contributed by atoms with Crippen LogP contribution in [0.15, 0.2) is 60.8 Å². The van der Waals surface area contributed by atoms with Crippen molar-refractivity contribution in [3.8, 4) is 0 Å². The van der Waals surface area contributed by atoms with Crippen molar-refractivity contribution in [3.05, 3.63) is 60.8 Å². The number of hydrogen-bond donors (Lipinski definition) is 0. The summed E-state index contributed by atoms with van der Waals surface area (Å²) in [6, 6.07) is 0. The normalized spacial score (nSPS) is 12.4. The van der Waals surface area contributed by atoms with E-state index in [1.54, 1.807) is 0 Å². The summed E-state index contributed by atoms with van der Waals surface area (Å²) in [6.07, 6.45) is 79.5. The number of ether oxygens (including phenoxy) is 3. The first-order chi connectivity index (χ1) is 36.5. The molecule has 0 heterocycles. The summed E-state index contributed by atoms with van der Waals surface area (Å²) in [4.78, 5) is 38.2. The molecule has 0 saturated carbocycles. The molecule has 0 amide bonds. The Balaban J connectivity index is 4.17. The number of esters is 3. The Bertz CT molecular complexity index is 1330. The van der Waals surface area contributed by atoms with Gasteiger partial charge in [-0.2, -0.15) is 0 Å². The summed E-state index contributed by atoms with van der Waals surface area (Å²) < 4.78 is 16.9. The van der Waals surface area contributed by atoms with E-state index in [1.165, 1.54) is 205 Å². The van der Waals surface area contributed by atoms with Crippen LogP contribution in [0.1, 0.15) is 335 Å². The Kier molecular flexibility index (Phi) is 60.2. The van der Waals surface area contributed by atoms with E-state index in [0.717, 1.165) is 89.9 Å². The smallest absolute Gasteiger partial charge is 0.306 e. The van der Waals surface area contributed by atoms with E-state index < -0.39 is 6.10 Å². The molecule has 0 fully saturated rings. The van der Waals surface area contributed by atoms with Crippen LogP contribution in [0.3, 0.4) is 0 Å². The van der Waals surface area contributed by atoms with Crippen LogP contribution >= 0.6 is 0 Å². The minimum absolute atomic E-state index is 0.0698. The summed E-state index contributed by atoms with van der Waals surface area (Å²) in [7, 11) is 0. The molecule has 0 bridgehead atoms. The van der Waals surface area contributed by atoms with E-state index >= 15 is 0 Å². The Labute approximate surface area is 460 Å². The lowest BCUT2D eigenvalue weighted by atomic mass is 10.0. The summed E-state index contributed by atoms with van der Waals surface area (Å²) in [5.41, 5.74) is 0. The van der Waals surface area contributed by atoms with Crippen LogP contribution < -0.4 is 0 Å². The van der Waals surface area contributed by atoms with Crippen molar-refractivity contribution >= 4 is 17.9 Å². The van der Waals surface area contributed by atoms with Gasteiger partial charge in [-0.15, -0.1) is 0 Å². The SMILES string of the molecule is CC/C=C\C/C=C\C/C=C\C/C=C\C/C=C\CCCCCCCCCCCCCC(=O)OCC(COC(=O)CCCCCCCCCCC)OC(=O)CCCCCCCCCCCCCCCCCCCCCC. The number of carbonyl (C=O) groups excluding carboxylic acids is 3. The van der Waals surface area contributed by atoms with Crippen LogP contribution in [0.2, 0.25) is 0 Å². The molecule has 0 aliphatic heterocycles. The Morgan fingerprint density at radius 2 is 0.527 bits per heavy atom. The number of hydrogen-bond acceptors (Lipinski definition) is 6. The maximum absolute atomic E-state index is 12.9. The van der Waals surface area contributed by atoms with E-state index in [4.69, 9.17) is 14.2 Å². The van der Waals surface area contributed by atoms with Crippen molar-refractivity contribution < 1.29 is 28.6 Å². The fourth-order valence-electron chi connectivity index (χ4n) is 9.47. The van der Waals surface area contributed by atoms with E-state index in [0.29, 0.717) is 19.3 Å². The topological polar surface area (TPSA) is 78.9 Å². The summed E-state index contributed by atoms with van der Waals surface area (Å²) in [5.74, 6) is -0.856. The van der Waals surface area contributed by atoms with Crippen molar-refractivity contribution in [3.63, 3.8) is 0 Å². The minimum atomic E-state index is -0.771. The molecule has 1 unspecified atom stereocenters. The first kappa shape index (κ1) is 71.1. The lowest BCUT2D eigenvalue weighted by Gasteiger charge is -2.18. The van der Waals surface area contributed by atoms with Gasteiger partial charge in [0.1, 0.15) is 13.2 Å². The van der Waals surface area contributed by atoms with E-state index in [2.05, 4.69) is 81.5 Å². The predicted octanol–water partition coefficient (Wildman–Crippen LogP) is 21.9. The third kappa shape index (κ3) is 60.0. The molecule has 0 spiro atoms. The van der Waals surface area contributed by atoms with Gasteiger partial charge in [0.25, 0.3) is 0 Å². The van der Waals surface area contributed by atoms with Gasteiger partial charge in [-0.3, -0.25) is 14.4 Å².